The van der Waals surface area contributed by atoms with E-state index in [0.29, 0.717) is 0 Å². The molecular weight excluding hydrogens is 354 g/mol. The standard InChI is InChI=1S/C14H21N3O9/c15-7-1-2-17(13(24)16-7)14(11(23)9(21)6(4-19)26-14)12-10(22)8(20)5(3-18)25-12/h1-2,5-6,8-12,18-23H,3-4H2,(H2,15,16,24)/t5-,6-,8-,9-,10+,11-,12?,14+/m1/s1. The summed E-state index contributed by atoms with van der Waals surface area (Å²) < 4.78 is 11.8. The average molecular weight is 375 g/mol. The van der Waals surface area contributed by atoms with Crippen LogP contribution >= 0.6 is 0 Å². The SMILES string of the molecule is Nc1ccn([C@]2(C3O[C@H](CO)[C@@H](O)[C@@H]3O)O[C@H](CO)[C@@H](O)[C@H]2O)c(=O)n1. The summed E-state index contributed by atoms with van der Waals surface area (Å²) in [5.41, 5.74) is 2.25. The fraction of sp³-hybridized carbons (Fsp3) is 0.714. The largest absolute Gasteiger partial charge is 0.394 e. The number of aromatic nitrogens is 2. The van der Waals surface area contributed by atoms with Crippen LogP contribution in [-0.4, -0.2) is 96.1 Å². The Morgan fingerprint density at radius 1 is 1.12 bits per heavy atom. The van der Waals surface area contributed by atoms with E-state index >= 15 is 0 Å². The van der Waals surface area contributed by atoms with E-state index in [1.54, 1.807) is 0 Å². The minimum atomic E-state index is -2.23. The first-order valence-corrected chi connectivity index (χ1v) is 7.90. The molecule has 12 heteroatoms. The number of hydrogen-bond donors (Lipinski definition) is 7. The smallest absolute Gasteiger partial charge is 0.352 e. The molecule has 0 amide bonds. The van der Waals surface area contributed by atoms with Gasteiger partial charge in [0.2, 0.25) is 5.72 Å². The molecule has 2 fully saturated rings. The highest BCUT2D eigenvalue weighted by Gasteiger charge is 2.65. The van der Waals surface area contributed by atoms with Gasteiger partial charge in [0, 0.05) is 6.20 Å². The van der Waals surface area contributed by atoms with Crippen LogP contribution in [0.3, 0.4) is 0 Å². The van der Waals surface area contributed by atoms with Gasteiger partial charge in [0.1, 0.15) is 48.5 Å². The quantitative estimate of drug-likeness (QED) is 0.266. The number of ether oxygens (including phenoxy) is 2. The second-order valence-electron chi connectivity index (χ2n) is 6.29. The molecule has 0 spiro atoms. The zero-order valence-corrected chi connectivity index (χ0v) is 13.5. The van der Waals surface area contributed by atoms with Gasteiger partial charge >= 0.3 is 5.69 Å². The van der Waals surface area contributed by atoms with Gasteiger partial charge in [-0.3, -0.25) is 4.57 Å². The molecule has 1 aromatic heterocycles. The van der Waals surface area contributed by atoms with Crippen molar-refractivity contribution in [1.82, 2.24) is 9.55 Å². The molecular formula is C14H21N3O9. The lowest BCUT2D eigenvalue weighted by Gasteiger charge is -2.39. The van der Waals surface area contributed by atoms with Gasteiger partial charge in [-0.25, -0.2) is 4.79 Å². The summed E-state index contributed by atoms with van der Waals surface area (Å²) in [4.78, 5) is 15.9. The second-order valence-corrected chi connectivity index (χ2v) is 6.29. The van der Waals surface area contributed by atoms with Crippen LogP contribution in [-0.2, 0) is 15.2 Å². The highest BCUT2D eigenvalue weighted by molar-refractivity contribution is 5.24. The molecule has 2 aliphatic heterocycles. The lowest BCUT2D eigenvalue weighted by Crippen LogP contribution is -2.61. The Morgan fingerprint density at radius 3 is 2.27 bits per heavy atom. The molecule has 3 rings (SSSR count). The van der Waals surface area contributed by atoms with Crippen LogP contribution in [0.15, 0.2) is 17.1 Å². The Labute approximate surface area is 146 Å². The van der Waals surface area contributed by atoms with Gasteiger partial charge in [0.25, 0.3) is 0 Å². The molecule has 0 aromatic carbocycles. The van der Waals surface area contributed by atoms with E-state index in [-0.39, 0.29) is 5.82 Å². The summed E-state index contributed by atoms with van der Waals surface area (Å²) >= 11 is 0. The number of nitrogen functional groups attached to an aromatic ring is 1. The summed E-state index contributed by atoms with van der Waals surface area (Å²) in [6.45, 7) is -1.35. The zero-order chi connectivity index (χ0) is 19.2. The van der Waals surface area contributed by atoms with Crippen LogP contribution in [0.1, 0.15) is 0 Å². The third kappa shape index (κ3) is 2.62. The maximum absolute atomic E-state index is 12.4. The number of aliphatic hydroxyl groups excluding tert-OH is 6. The van der Waals surface area contributed by atoms with E-state index < -0.39 is 67.4 Å². The van der Waals surface area contributed by atoms with Gasteiger partial charge in [0.15, 0.2) is 0 Å². The Balaban J connectivity index is 2.17. The van der Waals surface area contributed by atoms with E-state index in [1.165, 1.54) is 6.07 Å². The summed E-state index contributed by atoms with van der Waals surface area (Å²) in [6, 6.07) is 1.22. The molecule has 1 aromatic rings. The van der Waals surface area contributed by atoms with E-state index in [4.69, 9.17) is 15.2 Å². The molecule has 1 unspecified atom stereocenters. The molecule has 12 nitrogen and oxygen atoms in total. The first-order chi connectivity index (χ1) is 12.3. The monoisotopic (exact) mass is 375 g/mol. The van der Waals surface area contributed by atoms with Crippen LogP contribution in [0.25, 0.3) is 0 Å². The minimum Gasteiger partial charge on any atom is -0.394 e. The minimum absolute atomic E-state index is 0.116. The maximum Gasteiger partial charge on any atom is 0.352 e. The molecule has 0 aliphatic carbocycles. The Bertz CT molecular complexity index is 715. The highest BCUT2D eigenvalue weighted by Crippen LogP contribution is 2.43. The topological polar surface area (TPSA) is 201 Å². The van der Waals surface area contributed by atoms with Crippen molar-refractivity contribution in [3.8, 4) is 0 Å². The fourth-order valence-electron chi connectivity index (χ4n) is 3.47. The van der Waals surface area contributed by atoms with Gasteiger partial charge in [-0.2, -0.15) is 4.98 Å². The molecule has 0 radical (unpaired) electrons. The predicted molar refractivity (Wildman–Crippen MR) is 82.6 cm³/mol. The van der Waals surface area contributed by atoms with Crippen molar-refractivity contribution in [2.24, 2.45) is 0 Å². The van der Waals surface area contributed by atoms with Gasteiger partial charge in [-0.15, -0.1) is 0 Å². The number of nitrogens with two attached hydrogens (primary N) is 1. The number of hydrogen-bond acceptors (Lipinski definition) is 11. The van der Waals surface area contributed by atoms with Crippen molar-refractivity contribution < 1.29 is 40.1 Å². The highest BCUT2D eigenvalue weighted by atomic mass is 16.6. The predicted octanol–water partition coefficient (Wildman–Crippen LogP) is -4.93. The summed E-state index contributed by atoms with van der Waals surface area (Å²) in [6.07, 6.45) is -9.68. The van der Waals surface area contributed by atoms with Crippen LogP contribution in [0, 0.1) is 0 Å². The van der Waals surface area contributed by atoms with Gasteiger partial charge in [0.05, 0.1) is 13.2 Å². The van der Waals surface area contributed by atoms with Crippen molar-refractivity contribution in [2.45, 2.75) is 48.5 Å². The number of rotatable bonds is 4. The average Bonchev–Trinajstić information content (AvgIpc) is 3.04. The van der Waals surface area contributed by atoms with E-state index in [9.17, 15) is 35.4 Å². The van der Waals surface area contributed by atoms with Crippen molar-refractivity contribution >= 4 is 5.82 Å². The van der Waals surface area contributed by atoms with E-state index in [0.717, 1.165) is 10.8 Å². The molecule has 2 aliphatic rings. The molecule has 146 valence electrons. The number of anilines is 1. The lowest BCUT2D eigenvalue weighted by molar-refractivity contribution is -0.234. The maximum atomic E-state index is 12.4. The zero-order valence-electron chi connectivity index (χ0n) is 13.5. The molecule has 3 heterocycles. The van der Waals surface area contributed by atoms with Crippen molar-refractivity contribution in [1.29, 1.82) is 0 Å². The fourth-order valence-corrected chi connectivity index (χ4v) is 3.47. The first kappa shape index (κ1) is 19.1. The van der Waals surface area contributed by atoms with Gasteiger partial charge in [-0.05, 0) is 6.07 Å². The first-order valence-electron chi connectivity index (χ1n) is 7.90. The molecule has 26 heavy (non-hydrogen) atoms. The van der Waals surface area contributed by atoms with E-state index in [2.05, 4.69) is 4.98 Å². The van der Waals surface area contributed by atoms with E-state index in [1.807, 2.05) is 0 Å². The lowest BCUT2D eigenvalue weighted by atomic mass is 9.92. The molecule has 2 saturated heterocycles. The Morgan fingerprint density at radius 2 is 1.77 bits per heavy atom. The Kier molecular flexibility index (Phi) is 5.02. The van der Waals surface area contributed by atoms with Crippen LogP contribution in [0.5, 0.6) is 0 Å². The summed E-state index contributed by atoms with van der Waals surface area (Å²) in [5.74, 6) is -0.116. The van der Waals surface area contributed by atoms with Gasteiger partial charge < -0.3 is 45.8 Å². The third-order valence-electron chi connectivity index (χ3n) is 4.80. The molecule has 0 saturated carbocycles. The van der Waals surface area contributed by atoms with Crippen LogP contribution in [0.2, 0.25) is 0 Å². The van der Waals surface area contributed by atoms with Crippen molar-refractivity contribution in [3.05, 3.63) is 22.7 Å². The normalized spacial score (nSPS) is 43.1. The van der Waals surface area contributed by atoms with Gasteiger partial charge in [-0.1, -0.05) is 0 Å². The third-order valence-corrected chi connectivity index (χ3v) is 4.80. The second kappa shape index (κ2) is 6.83. The molecule has 8 atom stereocenters. The van der Waals surface area contributed by atoms with Crippen LogP contribution < -0.4 is 11.4 Å². The summed E-state index contributed by atoms with van der Waals surface area (Å²) in [5, 5.41) is 59.9. The van der Waals surface area contributed by atoms with Crippen molar-refractivity contribution in [2.75, 3.05) is 18.9 Å². The van der Waals surface area contributed by atoms with Crippen molar-refractivity contribution in [3.63, 3.8) is 0 Å². The van der Waals surface area contributed by atoms with Crippen LogP contribution in [0.4, 0.5) is 5.82 Å². The Hall–Kier alpha value is -1.64. The summed E-state index contributed by atoms with van der Waals surface area (Å²) in [7, 11) is 0. The molecule has 8 N–H and O–H groups in total. The molecule has 0 bridgehead atoms. The number of nitrogens with zero attached hydrogens (tertiary/aromatic N) is 2. The number of aliphatic hydroxyl groups is 6.